The first kappa shape index (κ1) is 11.5. The van der Waals surface area contributed by atoms with Crippen LogP contribution < -0.4 is 5.32 Å². The van der Waals surface area contributed by atoms with Crippen molar-refractivity contribution in [2.75, 3.05) is 19.6 Å². The molecule has 1 atom stereocenters. The molecule has 1 heterocycles. The van der Waals surface area contributed by atoms with Crippen LogP contribution in [0.3, 0.4) is 0 Å². The summed E-state index contributed by atoms with van der Waals surface area (Å²) in [5, 5.41) is 3.22. The summed E-state index contributed by atoms with van der Waals surface area (Å²) in [5.41, 5.74) is 0. The standard InChI is InChI=1S/C11H22N2O/c1-4-6-13(10-7-12-8-10)11(14)9(3)5-2/h9-10,12H,4-8H2,1-3H3. The SMILES string of the molecule is CCCN(C(=O)C(C)CC)C1CNC1. The molecule has 0 saturated carbocycles. The highest BCUT2D eigenvalue weighted by atomic mass is 16.2. The lowest BCUT2D eigenvalue weighted by atomic mass is 10.0. The molecule has 1 rings (SSSR count). The lowest BCUT2D eigenvalue weighted by Gasteiger charge is -2.39. The number of rotatable bonds is 5. The number of hydrogen-bond acceptors (Lipinski definition) is 2. The van der Waals surface area contributed by atoms with Gasteiger partial charge >= 0.3 is 0 Å². The normalized spacial score (nSPS) is 18.8. The molecule has 82 valence electrons. The van der Waals surface area contributed by atoms with Gasteiger partial charge in [-0.3, -0.25) is 4.79 Å². The molecule has 0 aromatic heterocycles. The second kappa shape index (κ2) is 5.35. The molecular weight excluding hydrogens is 176 g/mol. The van der Waals surface area contributed by atoms with Gasteiger partial charge < -0.3 is 10.2 Å². The van der Waals surface area contributed by atoms with Gasteiger partial charge in [-0.25, -0.2) is 0 Å². The molecule has 1 aliphatic heterocycles. The van der Waals surface area contributed by atoms with Gasteiger partial charge in [0, 0.05) is 25.6 Å². The second-order valence-electron chi connectivity index (χ2n) is 4.15. The number of carbonyl (C=O) groups is 1. The maximum atomic E-state index is 12.0. The molecular formula is C11H22N2O. The van der Waals surface area contributed by atoms with Crippen LogP contribution >= 0.6 is 0 Å². The first-order valence-electron chi connectivity index (χ1n) is 5.71. The molecule has 1 N–H and O–H groups in total. The minimum absolute atomic E-state index is 0.183. The van der Waals surface area contributed by atoms with Crippen LogP contribution in [0.15, 0.2) is 0 Å². The minimum atomic E-state index is 0.183. The quantitative estimate of drug-likeness (QED) is 0.721. The van der Waals surface area contributed by atoms with Gasteiger partial charge in [0.05, 0.1) is 6.04 Å². The third-order valence-electron chi connectivity index (χ3n) is 2.98. The second-order valence-corrected chi connectivity index (χ2v) is 4.15. The molecule has 3 heteroatoms. The summed E-state index contributed by atoms with van der Waals surface area (Å²) in [7, 11) is 0. The molecule has 0 bridgehead atoms. The van der Waals surface area contributed by atoms with E-state index in [1.54, 1.807) is 0 Å². The van der Waals surface area contributed by atoms with Gasteiger partial charge in [0.1, 0.15) is 0 Å². The van der Waals surface area contributed by atoms with Crippen molar-refractivity contribution in [1.29, 1.82) is 0 Å². The molecule has 1 fully saturated rings. The molecule has 3 nitrogen and oxygen atoms in total. The Bertz CT molecular complexity index is 190. The molecule has 0 aromatic rings. The zero-order valence-electron chi connectivity index (χ0n) is 9.55. The Morgan fingerprint density at radius 3 is 2.50 bits per heavy atom. The van der Waals surface area contributed by atoms with Crippen molar-refractivity contribution in [2.24, 2.45) is 5.92 Å². The summed E-state index contributed by atoms with van der Waals surface area (Å²) in [4.78, 5) is 14.1. The Morgan fingerprint density at radius 2 is 2.14 bits per heavy atom. The summed E-state index contributed by atoms with van der Waals surface area (Å²) in [6, 6.07) is 0.455. The van der Waals surface area contributed by atoms with E-state index < -0.39 is 0 Å². The molecule has 0 spiro atoms. The Morgan fingerprint density at radius 1 is 1.50 bits per heavy atom. The van der Waals surface area contributed by atoms with Crippen LogP contribution in [-0.2, 0) is 4.79 Å². The summed E-state index contributed by atoms with van der Waals surface area (Å²) in [6.45, 7) is 9.09. The highest BCUT2D eigenvalue weighted by Gasteiger charge is 2.29. The molecule has 1 unspecified atom stereocenters. The van der Waals surface area contributed by atoms with Crippen LogP contribution in [-0.4, -0.2) is 36.5 Å². The predicted molar refractivity (Wildman–Crippen MR) is 58.1 cm³/mol. The Hall–Kier alpha value is -0.570. The van der Waals surface area contributed by atoms with E-state index in [1.807, 2.05) is 6.92 Å². The summed E-state index contributed by atoms with van der Waals surface area (Å²) < 4.78 is 0. The average molecular weight is 198 g/mol. The number of nitrogens with one attached hydrogen (secondary N) is 1. The molecule has 0 aromatic carbocycles. The first-order valence-corrected chi connectivity index (χ1v) is 5.71. The number of carbonyl (C=O) groups excluding carboxylic acids is 1. The van der Waals surface area contributed by atoms with Gasteiger partial charge in [0.25, 0.3) is 0 Å². The van der Waals surface area contributed by atoms with Gasteiger partial charge in [0.15, 0.2) is 0 Å². The van der Waals surface area contributed by atoms with E-state index in [1.165, 1.54) is 0 Å². The van der Waals surface area contributed by atoms with Crippen molar-refractivity contribution in [2.45, 2.75) is 39.7 Å². The van der Waals surface area contributed by atoms with E-state index in [4.69, 9.17) is 0 Å². The fourth-order valence-corrected chi connectivity index (χ4v) is 1.67. The van der Waals surface area contributed by atoms with E-state index in [9.17, 15) is 4.79 Å². The Kier molecular flexibility index (Phi) is 4.39. The van der Waals surface area contributed by atoms with E-state index in [-0.39, 0.29) is 5.92 Å². The van der Waals surface area contributed by atoms with Crippen molar-refractivity contribution in [3.8, 4) is 0 Å². The highest BCUT2D eigenvalue weighted by molar-refractivity contribution is 5.78. The Labute approximate surface area is 86.9 Å². The monoisotopic (exact) mass is 198 g/mol. The van der Waals surface area contributed by atoms with Crippen molar-refractivity contribution in [3.63, 3.8) is 0 Å². The molecule has 0 radical (unpaired) electrons. The smallest absolute Gasteiger partial charge is 0.225 e. The summed E-state index contributed by atoms with van der Waals surface area (Å²) >= 11 is 0. The van der Waals surface area contributed by atoms with Gasteiger partial charge in [-0.2, -0.15) is 0 Å². The fourth-order valence-electron chi connectivity index (χ4n) is 1.67. The summed E-state index contributed by atoms with van der Waals surface area (Å²) in [5.74, 6) is 0.517. The topological polar surface area (TPSA) is 32.3 Å². The van der Waals surface area contributed by atoms with Crippen molar-refractivity contribution in [3.05, 3.63) is 0 Å². The predicted octanol–water partition coefficient (Wildman–Crippen LogP) is 1.24. The molecule has 1 saturated heterocycles. The van der Waals surface area contributed by atoms with Crippen LogP contribution in [0.5, 0.6) is 0 Å². The van der Waals surface area contributed by atoms with E-state index in [2.05, 4.69) is 24.1 Å². The number of hydrogen-bond donors (Lipinski definition) is 1. The minimum Gasteiger partial charge on any atom is -0.337 e. The van der Waals surface area contributed by atoms with Gasteiger partial charge in [-0.1, -0.05) is 20.8 Å². The van der Waals surface area contributed by atoms with Crippen LogP contribution in [0, 0.1) is 5.92 Å². The molecule has 0 aliphatic carbocycles. The third-order valence-corrected chi connectivity index (χ3v) is 2.98. The molecule has 1 amide bonds. The van der Waals surface area contributed by atoms with Crippen LogP contribution in [0.25, 0.3) is 0 Å². The van der Waals surface area contributed by atoms with Gasteiger partial charge in [-0.15, -0.1) is 0 Å². The lowest BCUT2D eigenvalue weighted by molar-refractivity contribution is -0.138. The highest BCUT2D eigenvalue weighted by Crippen LogP contribution is 2.13. The molecule has 14 heavy (non-hydrogen) atoms. The van der Waals surface area contributed by atoms with E-state index in [0.29, 0.717) is 11.9 Å². The van der Waals surface area contributed by atoms with Crippen molar-refractivity contribution in [1.82, 2.24) is 10.2 Å². The van der Waals surface area contributed by atoms with E-state index in [0.717, 1.165) is 32.5 Å². The number of amides is 1. The zero-order chi connectivity index (χ0) is 10.6. The lowest BCUT2D eigenvalue weighted by Crippen LogP contribution is -2.59. The average Bonchev–Trinajstić information content (AvgIpc) is 2.12. The van der Waals surface area contributed by atoms with Gasteiger partial charge in [0.2, 0.25) is 5.91 Å². The Balaban J connectivity index is 2.51. The van der Waals surface area contributed by atoms with Crippen LogP contribution in [0.1, 0.15) is 33.6 Å². The van der Waals surface area contributed by atoms with Crippen molar-refractivity contribution < 1.29 is 4.79 Å². The van der Waals surface area contributed by atoms with E-state index >= 15 is 0 Å². The maximum Gasteiger partial charge on any atom is 0.225 e. The van der Waals surface area contributed by atoms with Crippen LogP contribution in [0.2, 0.25) is 0 Å². The van der Waals surface area contributed by atoms with Gasteiger partial charge in [-0.05, 0) is 12.8 Å². The summed E-state index contributed by atoms with van der Waals surface area (Å²) in [6.07, 6.45) is 2.00. The largest absolute Gasteiger partial charge is 0.337 e. The number of nitrogens with zero attached hydrogens (tertiary/aromatic N) is 1. The molecule has 1 aliphatic rings. The first-order chi connectivity index (χ1) is 6.70. The van der Waals surface area contributed by atoms with Crippen LogP contribution in [0.4, 0.5) is 0 Å². The zero-order valence-corrected chi connectivity index (χ0v) is 9.55. The fraction of sp³-hybridized carbons (Fsp3) is 0.909. The maximum absolute atomic E-state index is 12.0. The third kappa shape index (κ3) is 2.47. The van der Waals surface area contributed by atoms with Crippen molar-refractivity contribution >= 4 is 5.91 Å².